The maximum atomic E-state index is 12.2. The van der Waals surface area contributed by atoms with Gasteiger partial charge in [-0.1, -0.05) is 31.9 Å². The van der Waals surface area contributed by atoms with Crippen LogP contribution >= 0.6 is 47.8 Å². The summed E-state index contributed by atoms with van der Waals surface area (Å²) in [6.07, 6.45) is 0. The van der Waals surface area contributed by atoms with E-state index in [1.54, 1.807) is 13.8 Å². The highest BCUT2D eigenvalue weighted by molar-refractivity contribution is 9.20. The van der Waals surface area contributed by atoms with Crippen molar-refractivity contribution in [3.8, 4) is 0 Å². The summed E-state index contributed by atoms with van der Waals surface area (Å²) in [5.41, 5.74) is 0. The molecule has 0 aromatic heterocycles. The number of esters is 1. The zero-order chi connectivity index (χ0) is 21.3. The maximum Gasteiger partial charge on any atom is 0.322 e. The molecular formula is C14H23Br3F4O4. The summed E-state index contributed by atoms with van der Waals surface area (Å²) < 4.78 is 49.8. The Labute approximate surface area is 170 Å². The predicted octanol–water partition coefficient (Wildman–Crippen LogP) is 5.07. The lowest BCUT2D eigenvalue weighted by atomic mass is 10.2. The van der Waals surface area contributed by atoms with Crippen LogP contribution in [0.25, 0.3) is 0 Å². The fourth-order valence-electron chi connectivity index (χ4n) is 0.364. The van der Waals surface area contributed by atoms with Crippen LogP contribution in [0.3, 0.4) is 0 Å². The molecule has 0 saturated heterocycles. The second-order valence-electron chi connectivity index (χ2n) is 6.09. The van der Waals surface area contributed by atoms with Gasteiger partial charge in [0.15, 0.2) is 6.61 Å². The topological polar surface area (TPSA) is 63.6 Å². The van der Waals surface area contributed by atoms with Gasteiger partial charge in [-0.05, 0) is 43.6 Å². The van der Waals surface area contributed by atoms with Crippen molar-refractivity contribution >= 4 is 58.5 Å². The van der Waals surface area contributed by atoms with Crippen molar-refractivity contribution in [2.45, 2.75) is 62.0 Å². The molecule has 0 fully saturated rings. The number of hydrogen-bond donors (Lipinski definition) is 1. The predicted molar refractivity (Wildman–Crippen MR) is 99.2 cm³/mol. The van der Waals surface area contributed by atoms with E-state index in [4.69, 9.17) is 5.11 Å². The Morgan fingerprint density at radius 1 is 0.880 bits per heavy atom. The summed E-state index contributed by atoms with van der Waals surface area (Å²) in [6.45, 7) is 6.04. The summed E-state index contributed by atoms with van der Waals surface area (Å²) in [5, 5.41) is 7.65. The minimum Gasteiger partial charge on any atom is -0.458 e. The fraction of sp³-hybridized carbons (Fsp3) is 0.857. The van der Waals surface area contributed by atoms with Crippen LogP contribution in [0, 0.1) is 0 Å². The lowest BCUT2D eigenvalue weighted by Crippen LogP contribution is -2.31. The third kappa shape index (κ3) is 26.6. The first-order chi connectivity index (χ1) is 10.6. The summed E-state index contributed by atoms with van der Waals surface area (Å²) >= 11 is 8.95. The molecule has 1 N–H and O–H groups in total. The third-order valence-corrected chi connectivity index (χ3v) is 3.89. The lowest BCUT2D eigenvalue weighted by Gasteiger charge is -2.17. The van der Waals surface area contributed by atoms with Crippen LogP contribution in [-0.2, 0) is 14.3 Å². The van der Waals surface area contributed by atoms with Gasteiger partial charge in [0, 0.05) is 13.8 Å². The zero-order valence-electron chi connectivity index (χ0n) is 14.7. The van der Waals surface area contributed by atoms with Crippen molar-refractivity contribution < 1.29 is 37.0 Å². The Balaban J connectivity index is -0.000000317. The van der Waals surface area contributed by atoms with Crippen LogP contribution < -0.4 is 0 Å². The molecule has 0 unspecified atom stereocenters. The number of aliphatic hydroxyl groups excluding tert-OH is 1. The molecule has 0 amide bonds. The average Bonchev–Trinajstić information content (AvgIpc) is 2.33. The van der Waals surface area contributed by atoms with E-state index in [1.807, 2.05) is 0 Å². The number of halogens is 7. The van der Waals surface area contributed by atoms with E-state index < -0.39 is 39.7 Å². The molecule has 0 aromatic carbocycles. The number of ether oxygens (including phenoxy) is 1. The van der Waals surface area contributed by atoms with Crippen molar-refractivity contribution in [2.75, 3.05) is 13.2 Å². The summed E-state index contributed by atoms with van der Waals surface area (Å²) in [5.74, 6) is -6.56. The van der Waals surface area contributed by atoms with Crippen LogP contribution in [0.5, 0.6) is 0 Å². The molecule has 0 heterocycles. The van der Waals surface area contributed by atoms with Gasteiger partial charge in [0.2, 0.25) is 4.69 Å². The van der Waals surface area contributed by atoms with Crippen LogP contribution in [0.2, 0.25) is 0 Å². The van der Waals surface area contributed by atoms with Gasteiger partial charge in [-0.3, -0.25) is 9.59 Å². The normalized spacial score (nSPS) is 12.2. The SMILES string of the molecule is CC(C)(Br)C(=O)Br.CC(F)(F)CO.CC(F)(F)COC(=O)C(C)(C)Br. The number of aliphatic hydroxyl groups is 1. The molecule has 11 heteroatoms. The van der Waals surface area contributed by atoms with Crippen molar-refractivity contribution in [3.63, 3.8) is 0 Å². The van der Waals surface area contributed by atoms with E-state index in [0.717, 1.165) is 0 Å². The molecule has 0 bridgehead atoms. The van der Waals surface area contributed by atoms with Gasteiger partial charge in [0.05, 0.1) is 4.32 Å². The molecule has 0 aliphatic rings. The van der Waals surface area contributed by atoms with Crippen molar-refractivity contribution in [2.24, 2.45) is 0 Å². The standard InChI is InChI=1S/C7H11BrF2O2.C4H6Br2O.C3H6F2O/c1-6(2,8)5(11)12-4-7(3,9)10;1-4(2,6)3(5)7;1-3(4,5)2-6/h4H2,1-3H3;1-2H3;6H,2H2,1H3. The van der Waals surface area contributed by atoms with Crippen LogP contribution in [0.1, 0.15) is 41.5 Å². The molecule has 4 nitrogen and oxygen atoms in total. The molecule has 0 spiro atoms. The molecule has 0 atom stereocenters. The summed E-state index contributed by atoms with van der Waals surface area (Å²) in [6, 6.07) is 0. The van der Waals surface area contributed by atoms with Gasteiger partial charge in [0.25, 0.3) is 11.8 Å². The minimum atomic E-state index is -2.96. The summed E-state index contributed by atoms with van der Waals surface area (Å²) in [4.78, 5) is 21.2. The largest absolute Gasteiger partial charge is 0.458 e. The minimum absolute atomic E-state index is 0.0278. The molecular weight excluding hydrogens is 548 g/mol. The first kappa shape index (κ1) is 30.0. The smallest absolute Gasteiger partial charge is 0.322 e. The van der Waals surface area contributed by atoms with Crippen LogP contribution in [0.15, 0.2) is 0 Å². The number of carbonyl (C=O) groups is 2. The monoisotopic (exact) mass is 568 g/mol. The Morgan fingerprint density at radius 2 is 1.16 bits per heavy atom. The number of alkyl halides is 6. The third-order valence-electron chi connectivity index (χ3n) is 1.69. The molecule has 0 saturated carbocycles. The van der Waals surface area contributed by atoms with Crippen LogP contribution in [0.4, 0.5) is 17.6 Å². The van der Waals surface area contributed by atoms with E-state index in [1.165, 1.54) is 13.8 Å². The molecule has 0 aromatic rings. The second kappa shape index (κ2) is 11.9. The quantitative estimate of drug-likeness (QED) is 0.217. The van der Waals surface area contributed by atoms with Gasteiger partial charge in [0.1, 0.15) is 10.9 Å². The first-order valence-electron chi connectivity index (χ1n) is 6.75. The van der Waals surface area contributed by atoms with E-state index in [-0.39, 0.29) is 4.69 Å². The molecule has 0 rings (SSSR count). The Hall–Kier alpha value is 0.260. The number of rotatable bonds is 5. The van der Waals surface area contributed by atoms with Gasteiger partial charge < -0.3 is 9.84 Å². The molecule has 0 aliphatic heterocycles. The van der Waals surface area contributed by atoms with E-state index in [9.17, 15) is 27.2 Å². The lowest BCUT2D eigenvalue weighted by molar-refractivity contribution is -0.155. The van der Waals surface area contributed by atoms with Gasteiger partial charge in [-0.15, -0.1) is 0 Å². The molecule has 152 valence electrons. The Kier molecular flexibility index (Phi) is 14.2. The van der Waals surface area contributed by atoms with Crippen molar-refractivity contribution in [1.82, 2.24) is 0 Å². The summed E-state index contributed by atoms with van der Waals surface area (Å²) in [7, 11) is 0. The highest BCUT2D eigenvalue weighted by Crippen LogP contribution is 2.20. The molecule has 0 aliphatic carbocycles. The highest BCUT2D eigenvalue weighted by Gasteiger charge is 2.30. The Morgan fingerprint density at radius 3 is 1.28 bits per heavy atom. The molecule has 25 heavy (non-hydrogen) atoms. The molecule has 0 radical (unpaired) electrons. The van der Waals surface area contributed by atoms with Crippen LogP contribution in [-0.4, -0.2) is 49.5 Å². The zero-order valence-corrected chi connectivity index (χ0v) is 19.5. The van der Waals surface area contributed by atoms with Gasteiger partial charge in [-0.25, -0.2) is 17.6 Å². The maximum absolute atomic E-state index is 12.2. The highest BCUT2D eigenvalue weighted by atomic mass is 79.9. The first-order valence-corrected chi connectivity index (χ1v) is 9.13. The van der Waals surface area contributed by atoms with E-state index in [2.05, 4.69) is 52.5 Å². The average molecular weight is 571 g/mol. The van der Waals surface area contributed by atoms with E-state index >= 15 is 0 Å². The van der Waals surface area contributed by atoms with Gasteiger partial charge in [-0.2, -0.15) is 0 Å². The van der Waals surface area contributed by atoms with E-state index in [0.29, 0.717) is 13.8 Å². The number of carbonyl (C=O) groups excluding carboxylic acids is 2. The second-order valence-corrected chi connectivity index (χ2v) is 10.8. The van der Waals surface area contributed by atoms with Gasteiger partial charge >= 0.3 is 5.97 Å². The van der Waals surface area contributed by atoms with Crippen molar-refractivity contribution in [3.05, 3.63) is 0 Å². The Bertz CT molecular complexity index is 408. The van der Waals surface area contributed by atoms with Crippen molar-refractivity contribution in [1.29, 1.82) is 0 Å². The fourth-order valence-corrected chi connectivity index (χ4v) is 0.478. The number of hydrogen-bond acceptors (Lipinski definition) is 4.